The lowest BCUT2D eigenvalue weighted by molar-refractivity contribution is -0.130. The predicted molar refractivity (Wildman–Crippen MR) is 109 cm³/mol. The fourth-order valence-corrected chi connectivity index (χ4v) is 2.79. The highest BCUT2D eigenvalue weighted by Gasteiger charge is 2.20. The average molecular weight is 420 g/mol. The molecule has 0 heterocycles. The smallest absolute Gasteiger partial charge is 0.251 e. The topological polar surface area (TPSA) is 67.9 Å². The van der Waals surface area contributed by atoms with E-state index in [9.17, 15) is 18.4 Å². The van der Waals surface area contributed by atoms with Gasteiger partial charge in [-0.05, 0) is 56.7 Å². The number of ether oxygens (including phenoxy) is 2. The van der Waals surface area contributed by atoms with Crippen LogP contribution in [0.5, 0.6) is 11.5 Å². The Morgan fingerprint density at radius 3 is 2.30 bits per heavy atom. The van der Waals surface area contributed by atoms with Gasteiger partial charge in [0.2, 0.25) is 5.91 Å². The summed E-state index contributed by atoms with van der Waals surface area (Å²) < 4.78 is 37.5. The summed E-state index contributed by atoms with van der Waals surface area (Å²) in [6, 6.07) is 7.77. The van der Waals surface area contributed by atoms with Crippen molar-refractivity contribution >= 4 is 11.8 Å². The third kappa shape index (κ3) is 5.68. The van der Waals surface area contributed by atoms with Gasteiger partial charge in [-0.15, -0.1) is 0 Å². The van der Waals surface area contributed by atoms with Crippen molar-refractivity contribution in [1.82, 2.24) is 10.2 Å². The fourth-order valence-electron chi connectivity index (χ4n) is 2.79. The molecule has 2 amide bonds. The molecule has 162 valence electrons. The third-order valence-electron chi connectivity index (χ3n) is 4.61. The van der Waals surface area contributed by atoms with Crippen LogP contribution in [0.4, 0.5) is 8.78 Å². The minimum Gasteiger partial charge on any atom is -0.490 e. The quantitative estimate of drug-likeness (QED) is 0.672. The standard InChI is InChI=1S/C22H26F2N2O4/c1-5-29-19-10-8-16(12-20(19)30-6-2)22(28)25-13-21(27)26(4)14(3)15-7-9-17(23)18(24)11-15/h7-12,14H,5-6,13H2,1-4H3,(H,25,28). The number of benzene rings is 2. The van der Waals surface area contributed by atoms with Crippen molar-refractivity contribution in [2.45, 2.75) is 26.8 Å². The number of rotatable bonds is 9. The molecule has 0 saturated heterocycles. The molecular formula is C22H26F2N2O4. The predicted octanol–water partition coefficient (Wildman–Crippen LogP) is 3.71. The van der Waals surface area contributed by atoms with E-state index in [1.165, 1.54) is 18.0 Å². The molecule has 0 bridgehead atoms. The van der Waals surface area contributed by atoms with Gasteiger partial charge in [-0.3, -0.25) is 9.59 Å². The Hall–Kier alpha value is -3.16. The van der Waals surface area contributed by atoms with Crippen molar-refractivity contribution in [3.05, 3.63) is 59.2 Å². The van der Waals surface area contributed by atoms with Crippen LogP contribution in [0.1, 0.15) is 42.7 Å². The molecule has 2 aromatic carbocycles. The largest absolute Gasteiger partial charge is 0.490 e. The van der Waals surface area contributed by atoms with Crippen LogP contribution in [0.15, 0.2) is 36.4 Å². The third-order valence-corrected chi connectivity index (χ3v) is 4.61. The number of amides is 2. The number of hydrogen-bond acceptors (Lipinski definition) is 4. The van der Waals surface area contributed by atoms with E-state index in [2.05, 4.69) is 5.32 Å². The lowest BCUT2D eigenvalue weighted by Crippen LogP contribution is -2.39. The summed E-state index contributed by atoms with van der Waals surface area (Å²) in [5.41, 5.74) is 0.773. The monoisotopic (exact) mass is 420 g/mol. The Morgan fingerprint density at radius 1 is 1.00 bits per heavy atom. The molecule has 0 fully saturated rings. The highest BCUT2D eigenvalue weighted by atomic mass is 19.2. The highest BCUT2D eigenvalue weighted by molar-refractivity contribution is 5.97. The van der Waals surface area contributed by atoms with E-state index in [-0.39, 0.29) is 12.5 Å². The zero-order valence-electron chi connectivity index (χ0n) is 17.5. The first-order valence-electron chi connectivity index (χ1n) is 9.66. The number of nitrogens with one attached hydrogen (secondary N) is 1. The maximum absolute atomic E-state index is 13.5. The number of likely N-dealkylation sites (N-methyl/N-ethyl adjacent to an activating group) is 1. The van der Waals surface area contributed by atoms with Gasteiger partial charge >= 0.3 is 0 Å². The molecule has 30 heavy (non-hydrogen) atoms. The van der Waals surface area contributed by atoms with Gasteiger partial charge in [0.15, 0.2) is 23.1 Å². The Bertz CT molecular complexity index is 905. The summed E-state index contributed by atoms with van der Waals surface area (Å²) >= 11 is 0. The number of carbonyl (C=O) groups excluding carboxylic acids is 2. The van der Waals surface area contributed by atoms with Crippen LogP contribution in [0.25, 0.3) is 0 Å². The van der Waals surface area contributed by atoms with Crippen molar-refractivity contribution in [2.24, 2.45) is 0 Å². The van der Waals surface area contributed by atoms with Gasteiger partial charge in [-0.25, -0.2) is 8.78 Å². The first-order chi connectivity index (χ1) is 14.3. The first-order valence-corrected chi connectivity index (χ1v) is 9.66. The molecule has 0 aromatic heterocycles. The summed E-state index contributed by atoms with van der Waals surface area (Å²) in [5.74, 6) is -1.77. The number of carbonyl (C=O) groups is 2. The molecule has 2 aromatic rings. The Morgan fingerprint density at radius 2 is 1.67 bits per heavy atom. The van der Waals surface area contributed by atoms with Crippen LogP contribution in [-0.4, -0.2) is 43.5 Å². The summed E-state index contributed by atoms with van der Waals surface area (Å²) in [5, 5.41) is 2.57. The molecule has 0 spiro atoms. The van der Waals surface area contributed by atoms with Gasteiger partial charge < -0.3 is 19.7 Å². The van der Waals surface area contributed by atoms with Gasteiger partial charge in [0.1, 0.15) is 0 Å². The SMILES string of the molecule is CCOc1ccc(C(=O)NCC(=O)N(C)C(C)c2ccc(F)c(F)c2)cc1OCC. The molecule has 0 aliphatic heterocycles. The summed E-state index contributed by atoms with van der Waals surface area (Å²) in [6.07, 6.45) is 0. The van der Waals surface area contributed by atoms with Gasteiger partial charge in [-0.2, -0.15) is 0 Å². The van der Waals surface area contributed by atoms with Crippen LogP contribution in [0, 0.1) is 11.6 Å². The average Bonchev–Trinajstić information content (AvgIpc) is 2.74. The second kappa shape index (κ2) is 10.6. The molecular weight excluding hydrogens is 394 g/mol. The molecule has 1 unspecified atom stereocenters. The van der Waals surface area contributed by atoms with Crippen molar-refractivity contribution in [3.63, 3.8) is 0 Å². The molecule has 0 radical (unpaired) electrons. The second-order valence-electron chi connectivity index (χ2n) is 6.56. The molecule has 1 atom stereocenters. The maximum Gasteiger partial charge on any atom is 0.251 e. The van der Waals surface area contributed by atoms with Crippen molar-refractivity contribution in [3.8, 4) is 11.5 Å². The summed E-state index contributed by atoms with van der Waals surface area (Å²) in [4.78, 5) is 26.3. The van der Waals surface area contributed by atoms with E-state index in [4.69, 9.17) is 9.47 Å². The maximum atomic E-state index is 13.5. The molecule has 1 N–H and O–H groups in total. The Labute approximate surface area is 174 Å². The van der Waals surface area contributed by atoms with E-state index < -0.39 is 23.6 Å². The van der Waals surface area contributed by atoms with Gasteiger partial charge in [-0.1, -0.05) is 6.07 Å². The minimum atomic E-state index is -0.978. The molecule has 0 aliphatic carbocycles. The zero-order chi connectivity index (χ0) is 22.3. The molecule has 2 rings (SSSR count). The first kappa shape index (κ1) is 23.1. The molecule has 6 nitrogen and oxygen atoms in total. The Kier molecular flexibility index (Phi) is 8.15. The fraction of sp³-hybridized carbons (Fsp3) is 0.364. The van der Waals surface area contributed by atoms with Crippen LogP contribution >= 0.6 is 0 Å². The van der Waals surface area contributed by atoms with Crippen molar-refractivity contribution in [1.29, 1.82) is 0 Å². The molecule has 8 heteroatoms. The number of nitrogens with zero attached hydrogens (tertiary/aromatic N) is 1. The zero-order valence-corrected chi connectivity index (χ0v) is 17.5. The van der Waals surface area contributed by atoms with E-state index >= 15 is 0 Å². The van der Waals surface area contributed by atoms with Crippen LogP contribution in [0.3, 0.4) is 0 Å². The van der Waals surface area contributed by atoms with Crippen molar-refractivity contribution in [2.75, 3.05) is 26.8 Å². The van der Waals surface area contributed by atoms with Gasteiger partial charge in [0.05, 0.1) is 25.8 Å². The lowest BCUT2D eigenvalue weighted by Gasteiger charge is -2.25. The van der Waals surface area contributed by atoms with Crippen molar-refractivity contribution < 1.29 is 27.8 Å². The number of halogens is 2. The van der Waals surface area contributed by atoms with E-state index in [0.717, 1.165) is 12.1 Å². The van der Waals surface area contributed by atoms with E-state index in [1.54, 1.807) is 25.1 Å². The highest BCUT2D eigenvalue weighted by Crippen LogP contribution is 2.28. The normalized spacial score (nSPS) is 11.5. The minimum absolute atomic E-state index is 0.249. The lowest BCUT2D eigenvalue weighted by atomic mass is 10.1. The van der Waals surface area contributed by atoms with Crippen LogP contribution in [-0.2, 0) is 4.79 Å². The number of hydrogen-bond donors (Lipinski definition) is 1. The molecule has 0 aliphatic rings. The second-order valence-corrected chi connectivity index (χ2v) is 6.56. The van der Waals surface area contributed by atoms with E-state index in [0.29, 0.717) is 35.8 Å². The van der Waals surface area contributed by atoms with Crippen LogP contribution < -0.4 is 14.8 Å². The van der Waals surface area contributed by atoms with Gasteiger partial charge in [0, 0.05) is 12.6 Å². The van der Waals surface area contributed by atoms with Crippen LogP contribution in [0.2, 0.25) is 0 Å². The Balaban J connectivity index is 2.01. The summed E-state index contributed by atoms with van der Waals surface area (Å²) in [7, 11) is 1.53. The summed E-state index contributed by atoms with van der Waals surface area (Å²) in [6.45, 7) is 5.98. The van der Waals surface area contributed by atoms with Gasteiger partial charge in [0.25, 0.3) is 5.91 Å². The molecule has 0 saturated carbocycles. The van der Waals surface area contributed by atoms with E-state index in [1.807, 2.05) is 13.8 Å².